The second kappa shape index (κ2) is 8.03. The molecule has 0 spiro atoms. The average Bonchev–Trinajstić information content (AvgIpc) is 2.44. The van der Waals surface area contributed by atoms with Crippen LogP contribution >= 0.6 is 0 Å². The van der Waals surface area contributed by atoms with Gasteiger partial charge in [0.25, 0.3) is 0 Å². The van der Waals surface area contributed by atoms with Crippen LogP contribution < -0.4 is 5.32 Å². The molecule has 21 heavy (non-hydrogen) atoms. The Labute approximate surface area is 128 Å². The quantitative estimate of drug-likeness (QED) is 0.871. The van der Waals surface area contributed by atoms with Crippen LogP contribution in [0.1, 0.15) is 45.7 Å². The maximum atomic E-state index is 11.9. The van der Waals surface area contributed by atoms with Crippen molar-refractivity contribution in [2.45, 2.75) is 53.4 Å². The number of amides is 2. The summed E-state index contributed by atoms with van der Waals surface area (Å²) in [5.74, 6) is 0. The minimum atomic E-state index is -0.146. The number of benzene rings is 1. The third-order valence-electron chi connectivity index (χ3n) is 3.16. The van der Waals surface area contributed by atoms with Gasteiger partial charge >= 0.3 is 6.03 Å². The molecule has 0 aromatic heterocycles. The van der Waals surface area contributed by atoms with Gasteiger partial charge in [-0.2, -0.15) is 0 Å². The number of nitrogens with zero attached hydrogens (tertiary/aromatic N) is 1. The Morgan fingerprint density at radius 2 is 1.81 bits per heavy atom. The summed E-state index contributed by atoms with van der Waals surface area (Å²) in [6, 6.07) is 8.12. The summed E-state index contributed by atoms with van der Waals surface area (Å²) >= 11 is 0. The number of hydrogen-bond donors (Lipinski definition) is 1. The van der Waals surface area contributed by atoms with Crippen LogP contribution in [0.25, 0.3) is 0 Å². The monoisotopic (exact) mass is 292 g/mol. The van der Waals surface area contributed by atoms with Crippen molar-refractivity contribution in [3.05, 3.63) is 35.4 Å². The number of carbonyl (C=O) groups is 1. The highest BCUT2D eigenvalue weighted by molar-refractivity contribution is 5.74. The van der Waals surface area contributed by atoms with E-state index in [1.807, 2.05) is 52.8 Å². The molecule has 0 aliphatic heterocycles. The lowest BCUT2D eigenvalue weighted by Gasteiger charge is -2.20. The molecule has 2 amide bonds. The van der Waals surface area contributed by atoms with Gasteiger partial charge in [0.2, 0.25) is 0 Å². The Morgan fingerprint density at radius 3 is 2.38 bits per heavy atom. The topological polar surface area (TPSA) is 41.6 Å². The molecule has 1 rings (SSSR count). The predicted molar refractivity (Wildman–Crippen MR) is 86.1 cm³/mol. The Bertz CT molecular complexity index is 448. The van der Waals surface area contributed by atoms with Gasteiger partial charge < -0.3 is 15.0 Å². The summed E-state index contributed by atoms with van der Waals surface area (Å²) in [5, 5.41) is 2.95. The van der Waals surface area contributed by atoms with Gasteiger partial charge in [-0.1, -0.05) is 24.3 Å². The summed E-state index contributed by atoms with van der Waals surface area (Å²) < 4.78 is 5.77. The largest absolute Gasteiger partial charge is 0.371 e. The predicted octanol–water partition coefficient (Wildman–Crippen LogP) is 3.55. The SMILES string of the molecule is CCN(CC)C(=O)NCc1cccc(COC(C)(C)C)c1. The maximum absolute atomic E-state index is 11.9. The van der Waals surface area contributed by atoms with Gasteiger partial charge in [0.05, 0.1) is 12.2 Å². The van der Waals surface area contributed by atoms with E-state index in [1.54, 1.807) is 4.90 Å². The van der Waals surface area contributed by atoms with Crippen molar-refractivity contribution < 1.29 is 9.53 Å². The normalized spacial score (nSPS) is 11.3. The van der Waals surface area contributed by atoms with Gasteiger partial charge in [0, 0.05) is 19.6 Å². The molecule has 1 aromatic rings. The molecule has 0 radical (unpaired) electrons. The van der Waals surface area contributed by atoms with E-state index in [-0.39, 0.29) is 11.6 Å². The maximum Gasteiger partial charge on any atom is 0.317 e. The third-order valence-corrected chi connectivity index (χ3v) is 3.16. The number of nitrogens with one attached hydrogen (secondary N) is 1. The molecule has 0 saturated carbocycles. The van der Waals surface area contributed by atoms with E-state index in [2.05, 4.69) is 11.4 Å². The lowest BCUT2D eigenvalue weighted by molar-refractivity contribution is -0.0149. The summed E-state index contributed by atoms with van der Waals surface area (Å²) in [4.78, 5) is 13.7. The molecule has 0 bridgehead atoms. The summed E-state index contributed by atoms with van der Waals surface area (Å²) in [6.45, 7) is 12.7. The van der Waals surface area contributed by atoms with Crippen LogP contribution in [0.2, 0.25) is 0 Å². The summed E-state index contributed by atoms with van der Waals surface area (Å²) in [6.07, 6.45) is 0. The van der Waals surface area contributed by atoms with Crippen LogP contribution in [0.3, 0.4) is 0 Å². The van der Waals surface area contributed by atoms with Crippen molar-refractivity contribution in [1.82, 2.24) is 10.2 Å². The van der Waals surface area contributed by atoms with Gasteiger partial charge in [0.1, 0.15) is 0 Å². The zero-order chi connectivity index (χ0) is 15.9. The standard InChI is InChI=1S/C17H28N2O2/c1-6-19(7-2)16(20)18-12-14-9-8-10-15(11-14)13-21-17(3,4)5/h8-11H,6-7,12-13H2,1-5H3,(H,18,20). The fourth-order valence-electron chi connectivity index (χ4n) is 1.93. The Morgan fingerprint density at radius 1 is 1.19 bits per heavy atom. The van der Waals surface area contributed by atoms with Crippen LogP contribution in [0.4, 0.5) is 4.79 Å². The highest BCUT2D eigenvalue weighted by Gasteiger charge is 2.11. The zero-order valence-corrected chi connectivity index (χ0v) is 13.9. The van der Waals surface area contributed by atoms with Crippen LogP contribution in [0.15, 0.2) is 24.3 Å². The molecular formula is C17H28N2O2. The molecule has 4 heteroatoms. The molecular weight excluding hydrogens is 264 g/mol. The molecule has 1 aromatic carbocycles. The van der Waals surface area contributed by atoms with E-state index in [4.69, 9.17) is 4.74 Å². The third kappa shape index (κ3) is 6.63. The van der Waals surface area contributed by atoms with Crippen LogP contribution in [-0.2, 0) is 17.9 Å². The smallest absolute Gasteiger partial charge is 0.317 e. The number of urea groups is 1. The van der Waals surface area contributed by atoms with E-state index in [0.717, 1.165) is 24.2 Å². The highest BCUT2D eigenvalue weighted by Crippen LogP contribution is 2.13. The lowest BCUT2D eigenvalue weighted by atomic mass is 10.1. The minimum Gasteiger partial charge on any atom is -0.371 e. The van der Waals surface area contributed by atoms with Crippen molar-refractivity contribution in [2.75, 3.05) is 13.1 Å². The molecule has 118 valence electrons. The number of ether oxygens (including phenoxy) is 1. The fourth-order valence-corrected chi connectivity index (χ4v) is 1.93. The molecule has 0 aliphatic rings. The van der Waals surface area contributed by atoms with E-state index in [9.17, 15) is 4.79 Å². The van der Waals surface area contributed by atoms with E-state index >= 15 is 0 Å². The molecule has 1 N–H and O–H groups in total. The fraction of sp³-hybridized carbons (Fsp3) is 0.588. The van der Waals surface area contributed by atoms with Crippen molar-refractivity contribution in [3.8, 4) is 0 Å². The lowest BCUT2D eigenvalue weighted by Crippen LogP contribution is -2.39. The molecule has 0 aliphatic carbocycles. The van der Waals surface area contributed by atoms with Crippen molar-refractivity contribution in [2.24, 2.45) is 0 Å². The molecule has 4 nitrogen and oxygen atoms in total. The van der Waals surface area contributed by atoms with Crippen molar-refractivity contribution in [1.29, 1.82) is 0 Å². The number of rotatable bonds is 6. The molecule has 0 saturated heterocycles. The van der Waals surface area contributed by atoms with Gasteiger partial charge in [-0.15, -0.1) is 0 Å². The number of hydrogen-bond acceptors (Lipinski definition) is 2. The van der Waals surface area contributed by atoms with Gasteiger partial charge in [-0.3, -0.25) is 0 Å². The number of carbonyl (C=O) groups excluding carboxylic acids is 1. The minimum absolute atomic E-state index is 0.0173. The molecule has 0 heterocycles. The van der Waals surface area contributed by atoms with Gasteiger partial charge in [0.15, 0.2) is 0 Å². The highest BCUT2D eigenvalue weighted by atomic mass is 16.5. The van der Waals surface area contributed by atoms with E-state index in [1.165, 1.54) is 0 Å². The first-order chi connectivity index (χ1) is 9.85. The van der Waals surface area contributed by atoms with Crippen molar-refractivity contribution >= 4 is 6.03 Å². The van der Waals surface area contributed by atoms with Crippen LogP contribution in [0, 0.1) is 0 Å². The first-order valence-electron chi connectivity index (χ1n) is 7.60. The Hall–Kier alpha value is -1.55. The molecule has 0 atom stereocenters. The first-order valence-corrected chi connectivity index (χ1v) is 7.60. The summed E-state index contributed by atoms with van der Waals surface area (Å²) in [5.41, 5.74) is 2.07. The zero-order valence-electron chi connectivity index (χ0n) is 13.9. The summed E-state index contributed by atoms with van der Waals surface area (Å²) in [7, 11) is 0. The average molecular weight is 292 g/mol. The second-order valence-electron chi connectivity index (χ2n) is 6.05. The second-order valence-corrected chi connectivity index (χ2v) is 6.05. The van der Waals surface area contributed by atoms with Crippen LogP contribution in [0.5, 0.6) is 0 Å². The molecule has 0 unspecified atom stereocenters. The van der Waals surface area contributed by atoms with E-state index in [0.29, 0.717) is 13.2 Å². The van der Waals surface area contributed by atoms with Gasteiger partial charge in [-0.05, 0) is 45.7 Å². The van der Waals surface area contributed by atoms with Gasteiger partial charge in [-0.25, -0.2) is 4.79 Å². The van der Waals surface area contributed by atoms with E-state index < -0.39 is 0 Å². The Balaban J connectivity index is 2.55. The first kappa shape index (κ1) is 17.5. The molecule has 0 fully saturated rings. The van der Waals surface area contributed by atoms with Crippen molar-refractivity contribution in [3.63, 3.8) is 0 Å². The van der Waals surface area contributed by atoms with Crippen LogP contribution in [-0.4, -0.2) is 29.6 Å². The Kier molecular flexibility index (Phi) is 6.69.